The first-order valence-electron chi connectivity index (χ1n) is 7.27. The van der Waals surface area contributed by atoms with Gasteiger partial charge in [-0.25, -0.2) is 13.2 Å². The van der Waals surface area contributed by atoms with Crippen molar-refractivity contribution in [1.82, 2.24) is 4.98 Å². The number of carbonyl (C=O) groups is 1. The first-order valence-corrected chi connectivity index (χ1v) is 7.27. The summed E-state index contributed by atoms with van der Waals surface area (Å²) in [5.41, 5.74) is 0.360. The molecule has 0 radical (unpaired) electrons. The van der Waals surface area contributed by atoms with Gasteiger partial charge < -0.3 is 10.6 Å². The van der Waals surface area contributed by atoms with Crippen molar-refractivity contribution in [3.05, 3.63) is 83.9 Å². The van der Waals surface area contributed by atoms with Crippen molar-refractivity contribution in [2.45, 2.75) is 0 Å². The molecule has 0 unspecified atom stereocenters. The van der Waals surface area contributed by atoms with Crippen molar-refractivity contribution in [2.75, 3.05) is 10.6 Å². The molecule has 3 aromatic rings. The minimum Gasteiger partial charge on any atom is -0.355 e. The Labute approximate surface area is 141 Å². The number of halogens is 3. The largest absolute Gasteiger partial charge is 0.355 e. The second kappa shape index (κ2) is 7.04. The number of nitrogens with one attached hydrogen (secondary N) is 2. The molecule has 2 aromatic carbocycles. The molecule has 1 amide bonds. The van der Waals surface area contributed by atoms with Crippen LogP contribution in [0.4, 0.5) is 30.2 Å². The van der Waals surface area contributed by atoms with Crippen LogP contribution in [0.2, 0.25) is 0 Å². The molecule has 0 bridgehead atoms. The van der Waals surface area contributed by atoms with Crippen LogP contribution in [0.3, 0.4) is 0 Å². The molecule has 1 aromatic heterocycles. The fraction of sp³-hybridized carbons (Fsp3) is 0. The number of nitrogens with zero attached hydrogens (tertiary/aromatic N) is 1. The molecule has 126 valence electrons. The van der Waals surface area contributed by atoms with Gasteiger partial charge in [0.1, 0.15) is 28.8 Å². The minimum absolute atomic E-state index is 0.0518. The number of carbonyl (C=O) groups excluding carboxylic acids is 1. The predicted molar refractivity (Wildman–Crippen MR) is 88.2 cm³/mol. The second-order valence-electron chi connectivity index (χ2n) is 5.12. The zero-order valence-corrected chi connectivity index (χ0v) is 12.8. The van der Waals surface area contributed by atoms with E-state index in [1.54, 1.807) is 12.1 Å². The van der Waals surface area contributed by atoms with Gasteiger partial charge in [0.05, 0.1) is 0 Å². The van der Waals surface area contributed by atoms with Gasteiger partial charge >= 0.3 is 0 Å². The Bertz CT molecular complexity index is 911. The number of hydrogen-bond acceptors (Lipinski definition) is 3. The molecule has 0 atom stereocenters. The molecule has 0 aliphatic carbocycles. The number of pyridine rings is 1. The molecule has 1 heterocycles. The molecular weight excluding hydrogens is 331 g/mol. The number of benzene rings is 2. The zero-order valence-electron chi connectivity index (χ0n) is 12.8. The van der Waals surface area contributed by atoms with Gasteiger partial charge in [-0.2, -0.15) is 0 Å². The van der Waals surface area contributed by atoms with Gasteiger partial charge in [0.15, 0.2) is 0 Å². The van der Waals surface area contributed by atoms with Gasteiger partial charge in [-0.3, -0.25) is 9.78 Å². The summed E-state index contributed by atoms with van der Waals surface area (Å²) >= 11 is 0. The van der Waals surface area contributed by atoms with Crippen molar-refractivity contribution < 1.29 is 18.0 Å². The van der Waals surface area contributed by atoms with E-state index in [0.29, 0.717) is 11.4 Å². The highest BCUT2D eigenvalue weighted by atomic mass is 19.1. The Morgan fingerprint density at radius 1 is 0.880 bits per heavy atom. The highest BCUT2D eigenvalue weighted by molar-refractivity contribution is 6.03. The molecule has 0 saturated carbocycles. The monoisotopic (exact) mass is 343 g/mol. The Balaban J connectivity index is 1.80. The van der Waals surface area contributed by atoms with Crippen molar-refractivity contribution in [2.24, 2.45) is 0 Å². The van der Waals surface area contributed by atoms with Crippen LogP contribution in [-0.4, -0.2) is 10.9 Å². The fourth-order valence-corrected chi connectivity index (χ4v) is 2.16. The predicted octanol–water partition coefficient (Wildman–Crippen LogP) is 4.49. The topological polar surface area (TPSA) is 54.0 Å². The number of anilines is 3. The van der Waals surface area contributed by atoms with E-state index in [1.165, 1.54) is 36.5 Å². The van der Waals surface area contributed by atoms with Crippen LogP contribution in [0.15, 0.2) is 60.8 Å². The third-order valence-electron chi connectivity index (χ3n) is 3.31. The Hall–Kier alpha value is -3.35. The van der Waals surface area contributed by atoms with Crippen LogP contribution in [0.1, 0.15) is 10.5 Å². The summed E-state index contributed by atoms with van der Waals surface area (Å²) in [4.78, 5) is 16.1. The van der Waals surface area contributed by atoms with Crippen LogP contribution in [0.25, 0.3) is 0 Å². The number of amides is 1. The van der Waals surface area contributed by atoms with Crippen molar-refractivity contribution in [1.29, 1.82) is 0 Å². The van der Waals surface area contributed by atoms with Gasteiger partial charge in [-0.15, -0.1) is 0 Å². The smallest absolute Gasteiger partial charge is 0.274 e. The Kier molecular flexibility index (Phi) is 4.65. The quantitative estimate of drug-likeness (QED) is 0.734. The van der Waals surface area contributed by atoms with E-state index < -0.39 is 29.0 Å². The van der Waals surface area contributed by atoms with Gasteiger partial charge in [0.25, 0.3) is 5.91 Å². The third-order valence-corrected chi connectivity index (χ3v) is 3.31. The first kappa shape index (κ1) is 16.5. The lowest BCUT2D eigenvalue weighted by atomic mass is 10.2. The van der Waals surface area contributed by atoms with E-state index in [9.17, 15) is 18.0 Å². The van der Waals surface area contributed by atoms with Gasteiger partial charge in [0.2, 0.25) is 0 Å². The summed E-state index contributed by atoms with van der Waals surface area (Å²) in [6.07, 6.45) is 1.36. The lowest BCUT2D eigenvalue weighted by Gasteiger charge is -2.09. The van der Waals surface area contributed by atoms with E-state index in [-0.39, 0.29) is 5.69 Å². The molecule has 4 nitrogen and oxygen atoms in total. The fourth-order valence-electron chi connectivity index (χ4n) is 2.16. The standard InChI is InChI=1S/C18H12F3N3O/c19-11-3-1-4-12(9-11)23-13-7-8-22-16(10-13)18(25)24-17-14(20)5-2-6-15(17)21/h1-10H,(H,22,23)(H,24,25). The van der Waals surface area contributed by atoms with Crippen molar-refractivity contribution in [3.63, 3.8) is 0 Å². The number of aromatic nitrogens is 1. The molecule has 0 aliphatic heterocycles. The summed E-state index contributed by atoms with van der Waals surface area (Å²) < 4.78 is 40.4. The van der Waals surface area contributed by atoms with Crippen LogP contribution >= 0.6 is 0 Å². The van der Waals surface area contributed by atoms with E-state index in [2.05, 4.69) is 15.6 Å². The molecule has 0 saturated heterocycles. The lowest BCUT2D eigenvalue weighted by molar-refractivity contribution is 0.102. The van der Waals surface area contributed by atoms with Gasteiger partial charge in [-0.1, -0.05) is 12.1 Å². The normalized spacial score (nSPS) is 10.4. The SMILES string of the molecule is O=C(Nc1c(F)cccc1F)c1cc(Nc2cccc(F)c2)ccn1. The molecule has 7 heteroatoms. The maximum atomic E-state index is 13.6. The van der Waals surface area contributed by atoms with Crippen LogP contribution in [0.5, 0.6) is 0 Å². The number of hydrogen-bond donors (Lipinski definition) is 2. The molecule has 2 N–H and O–H groups in total. The summed E-state index contributed by atoms with van der Waals surface area (Å²) in [5.74, 6) is -2.95. The molecule has 3 rings (SSSR count). The molecule has 0 aliphatic rings. The highest BCUT2D eigenvalue weighted by Crippen LogP contribution is 2.20. The van der Waals surface area contributed by atoms with Crippen LogP contribution < -0.4 is 10.6 Å². The van der Waals surface area contributed by atoms with E-state index in [4.69, 9.17) is 0 Å². The highest BCUT2D eigenvalue weighted by Gasteiger charge is 2.14. The average molecular weight is 343 g/mol. The van der Waals surface area contributed by atoms with Crippen molar-refractivity contribution in [3.8, 4) is 0 Å². The molecular formula is C18H12F3N3O. The minimum atomic E-state index is -0.887. The molecule has 0 fully saturated rings. The molecule has 0 spiro atoms. The number of para-hydroxylation sites is 1. The van der Waals surface area contributed by atoms with Crippen molar-refractivity contribution >= 4 is 23.0 Å². The van der Waals surface area contributed by atoms with Crippen LogP contribution in [-0.2, 0) is 0 Å². The first-order chi connectivity index (χ1) is 12.0. The van der Waals surface area contributed by atoms with Gasteiger partial charge in [0, 0.05) is 17.6 Å². The maximum absolute atomic E-state index is 13.6. The Morgan fingerprint density at radius 2 is 1.56 bits per heavy atom. The van der Waals surface area contributed by atoms with Crippen LogP contribution in [0, 0.1) is 17.5 Å². The summed E-state index contributed by atoms with van der Waals surface area (Å²) in [6.45, 7) is 0. The third kappa shape index (κ3) is 3.95. The van der Waals surface area contributed by atoms with E-state index in [1.807, 2.05) is 0 Å². The summed E-state index contributed by atoms with van der Waals surface area (Å²) in [5, 5.41) is 5.07. The van der Waals surface area contributed by atoms with Gasteiger partial charge in [-0.05, 0) is 42.5 Å². The van der Waals surface area contributed by atoms with E-state index in [0.717, 1.165) is 12.1 Å². The summed E-state index contributed by atoms with van der Waals surface area (Å²) in [7, 11) is 0. The Morgan fingerprint density at radius 3 is 2.28 bits per heavy atom. The number of rotatable bonds is 4. The second-order valence-corrected chi connectivity index (χ2v) is 5.12. The average Bonchev–Trinajstić information content (AvgIpc) is 2.58. The zero-order chi connectivity index (χ0) is 17.8. The molecule has 25 heavy (non-hydrogen) atoms. The van der Waals surface area contributed by atoms with E-state index >= 15 is 0 Å². The summed E-state index contributed by atoms with van der Waals surface area (Å²) in [6, 6.07) is 12.0. The lowest BCUT2D eigenvalue weighted by Crippen LogP contribution is -2.16. The maximum Gasteiger partial charge on any atom is 0.274 e.